The molecule has 0 bridgehead atoms. The SMILES string of the molecule is CC(c1ccccc1)N(C)C(=O)c1ccc2nc(-c3ccc(F)cc3)c(CCCCC(=O)O)nc2c1. The molecule has 1 atom stereocenters. The minimum Gasteiger partial charge on any atom is -0.481 e. The topological polar surface area (TPSA) is 83.4 Å². The Labute approximate surface area is 209 Å². The van der Waals surface area contributed by atoms with Gasteiger partial charge in [-0.2, -0.15) is 0 Å². The lowest BCUT2D eigenvalue weighted by Crippen LogP contribution is -2.29. The molecule has 0 aliphatic rings. The average Bonchev–Trinajstić information content (AvgIpc) is 2.90. The minimum absolute atomic E-state index is 0.0808. The van der Waals surface area contributed by atoms with Gasteiger partial charge in [-0.1, -0.05) is 30.3 Å². The molecule has 0 spiro atoms. The smallest absolute Gasteiger partial charge is 0.303 e. The summed E-state index contributed by atoms with van der Waals surface area (Å²) in [6.07, 6.45) is 1.73. The van der Waals surface area contributed by atoms with E-state index in [2.05, 4.69) is 0 Å². The van der Waals surface area contributed by atoms with Crippen LogP contribution in [0.1, 0.15) is 53.8 Å². The van der Waals surface area contributed by atoms with E-state index in [1.165, 1.54) is 12.1 Å². The number of fused-ring (bicyclic) bond motifs is 1. The second-order valence-electron chi connectivity index (χ2n) is 8.83. The van der Waals surface area contributed by atoms with Crippen molar-refractivity contribution in [3.05, 3.63) is 95.4 Å². The Morgan fingerprint density at radius 1 is 0.944 bits per heavy atom. The maximum atomic E-state index is 13.5. The van der Waals surface area contributed by atoms with Crippen molar-refractivity contribution < 1.29 is 19.1 Å². The number of aliphatic carboxylic acids is 1. The van der Waals surface area contributed by atoms with E-state index in [0.29, 0.717) is 47.2 Å². The highest BCUT2D eigenvalue weighted by atomic mass is 19.1. The number of halogens is 1. The number of carboxylic acids is 1. The molecule has 0 aliphatic heterocycles. The first-order chi connectivity index (χ1) is 17.3. The molecule has 0 radical (unpaired) electrons. The van der Waals surface area contributed by atoms with Crippen LogP contribution < -0.4 is 0 Å². The number of nitrogens with zero attached hydrogens (tertiary/aromatic N) is 3. The molecule has 1 aromatic heterocycles. The van der Waals surface area contributed by atoms with Gasteiger partial charge in [-0.15, -0.1) is 0 Å². The molecule has 1 unspecified atom stereocenters. The van der Waals surface area contributed by atoms with Gasteiger partial charge >= 0.3 is 5.97 Å². The zero-order chi connectivity index (χ0) is 25.7. The van der Waals surface area contributed by atoms with Gasteiger partial charge in [0.1, 0.15) is 5.82 Å². The van der Waals surface area contributed by atoms with Gasteiger partial charge in [0.15, 0.2) is 0 Å². The highest BCUT2D eigenvalue weighted by Gasteiger charge is 2.20. The summed E-state index contributed by atoms with van der Waals surface area (Å²) in [4.78, 5) is 35.5. The summed E-state index contributed by atoms with van der Waals surface area (Å²) in [5.74, 6) is -1.30. The van der Waals surface area contributed by atoms with E-state index in [9.17, 15) is 14.0 Å². The summed E-state index contributed by atoms with van der Waals surface area (Å²) in [5.41, 5.74) is 4.81. The molecular formula is C29H28FN3O3. The Hall–Kier alpha value is -4.13. The molecule has 36 heavy (non-hydrogen) atoms. The highest BCUT2D eigenvalue weighted by molar-refractivity contribution is 5.97. The summed E-state index contributed by atoms with van der Waals surface area (Å²) in [6.45, 7) is 1.98. The van der Waals surface area contributed by atoms with Crippen molar-refractivity contribution in [1.29, 1.82) is 0 Å². The van der Waals surface area contributed by atoms with Gasteiger partial charge in [0.25, 0.3) is 5.91 Å². The van der Waals surface area contributed by atoms with Gasteiger partial charge in [0.2, 0.25) is 0 Å². The number of amides is 1. The number of hydrogen-bond acceptors (Lipinski definition) is 4. The van der Waals surface area contributed by atoms with Crippen molar-refractivity contribution in [3.63, 3.8) is 0 Å². The van der Waals surface area contributed by atoms with Crippen molar-refractivity contribution in [2.24, 2.45) is 0 Å². The molecule has 7 heteroatoms. The molecule has 3 aromatic carbocycles. The number of unbranched alkanes of at least 4 members (excludes halogenated alkanes) is 1. The first-order valence-corrected chi connectivity index (χ1v) is 11.9. The molecule has 6 nitrogen and oxygen atoms in total. The van der Waals surface area contributed by atoms with E-state index in [0.717, 1.165) is 11.1 Å². The number of benzene rings is 3. The molecule has 184 valence electrons. The minimum atomic E-state index is -0.838. The molecule has 0 saturated heterocycles. The third-order valence-electron chi connectivity index (χ3n) is 6.34. The van der Waals surface area contributed by atoms with Crippen LogP contribution in [0.4, 0.5) is 4.39 Å². The molecule has 1 N–H and O–H groups in total. The number of aromatic nitrogens is 2. The van der Waals surface area contributed by atoms with Crippen LogP contribution in [0.2, 0.25) is 0 Å². The van der Waals surface area contributed by atoms with Crippen LogP contribution in [0.25, 0.3) is 22.3 Å². The van der Waals surface area contributed by atoms with Crippen LogP contribution in [0.3, 0.4) is 0 Å². The summed E-state index contributed by atoms with van der Waals surface area (Å²) < 4.78 is 13.5. The Morgan fingerprint density at radius 3 is 2.36 bits per heavy atom. The van der Waals surface area contributed by atoms with E-state index in [4.69, 9.17) is 15.1 Å². The summed E-state index contributed by atoms with van der Waals surface area (Å²) in [7, 11) is 1.78. The fourth-order valence-electron chi connectivity index (χ4n) is 4.14. The maximum Gasteiger partial charge on any atom is 0.303 e. The number of carbonyl (C=O) groups is 2. The van der Waals surface area contributed by atoms with E-state index in [1.54, 1.807) is 42.3 Å². The molecule has 4 rings (SSSR count). The van der Waals surface area contributed by atoms with Crippen molar-refractivity contribution in [3.8, 4) is 11.3 Å². The number of rotatable bonds is 9. The van der Waals surface area contributed by atoms with Gasteiger partial charge in [0, 0.05) is 24.6 Å². The fourth-order valence-corrected chi connectivity index (χ4v) is 4.14. The zero-order valence-corrected chi connectivity index (χ0v) is 20.3. The van der Waals surface area contributed by atoms with Gasteiger partial charge in [-0.25, -0.2) is 14.4 Å². The van der Waals surface area contributed by atoms with Crippen molar-refractivity contribution >= 4 is 22.9 Å². The van der Waals surface area contributed by atoms with Gasteiger partial charge < -0.3 is 10.0 Å². The van der Waals surface area contributed by atoms with Crippen molar-refractivity contribution in [2.45, 2.75) is 38.6 Å². The normalized spacial score (nSPS) is 11.9. The van der Waals surface area contributed by atoms with Gasteiger partial charge in [-0.05, 0) is 74.2 Å². The monoisotopic (exact) mass is 485 g/mol. The third kappa shape index (κ3) is 5.74. The number of hydrogen-bond donors (Lipinski definition) is 1. The van der Waals surface area contributed by atoms with Crippen LogP contribution in [0.5, 0.6) is 0 Å². The van der Waals surface area contributed by atoms with Gasteiger partial charge in [-0.3, -0.25) is 9.59 Å². The van der Waals surface area contributed by atoms with E-state index in [1.807, 2.05) is 37.3 Å². The Morgan fingerprint density at radius 2 is 1.67 bits per heavy atom. The first kappa shape index (κ1) is 25.0. The molecule has 0 aliphatic carbocycles. The Bertz CT molecular complexity index is 1370. The molecule has 1 heterocycles. The molecule has 0 fully saturated rings. The lowest BCUT2D eigenvalue weighted by Gasteiger charge is -2.25. The zero-order valence-electron chi connectivity index (χ0n) is 20.3. The standard InChI is InChI=1S/C29H28FN3O3/c1-19(20-8-4-3-5-9-20)33(2)29(36)22-14-17-24-26(18-22)31-25(10-6-7-11-27(34)35)28(32-24)21-12-15-23(30)16-13-21/h3-5,8-9,12-19H,6-7,10-11H2,1-2H3,(H,34,35). The molecule has 4 aromatic rings. The summed E-state index contributed by atoms with van der Waals surface area (Å²) in [5, 5.41) is 8.95. The Kier molecular flexibility index (Phi) is 7.68. The van der Waals surface area contributed by atoms with Crippen LogP contribution >= 0.6 is 0 Å². The second kappa shape index (κ2) is 11.1. The van der Waals surface area contributed by atoms with E-state index >= 15 is 0 Å². The second-order valence-corrected chi connectivity index (χ2v) is 8.83. The van der Waals surface area contributed by atoms with Gasteiger partial charge in [0.05, 0.1) is 28.5 Å². The van der Waals surface area contributed by atoms with Crippen LogP contribution in [-0.4, -0.2) is 38.9 Å². The molecule has 0 saturated carbocycles. The number of aryl methyl sites for hydroxylation is 1. The predicted molar refractivity (Wildman–Crippen MR) is 137 cm³/mol. The summed E-state index contributed by atoms with van der Waals surface area (Å²) >= 11 is 0. The fraction of sp³-hybridized carbons (Fsp3) is 0.241. The lowest BCUT2D eigenvalue weighted by atomic mass is 10.0. The Balaban J connectivity index is 1.66. The van der Waals surface area contributed by atoms with Crippen molar-refractivity contribution in [1.82, 2.24) is 14.9 Å². The van der Waals surface area contributed by atoms with Crippen LogP contribution in [0.15, 0.2) is 72.8 Å². The summed E-state index contributed by atoms with van der Waals surface area (Å²) in [6, 6.07) is 21.1. The van der Waals surface area contributed by atoms with Crippen LogP contribution in [0, 0.1) is 5.82 Å². The van der Waals surface area contributed by atoms with Crippen LogP contribution in [-0.2, 0) is 11.2 Å². The van der Waals surface area contributed by atoms with E-state index < -0.39 is 5.97 Å². The maximum absolute atomic E-state index is 13.5. The lowest BCUT2D eigenvalue weighted by molar-refractivity contribution is -0.137. The largest absolute Gasteiger partial charge is 0.481 e. The van der Waals surface area contributed by atoms with E-state index in [-0.39, 0.29) is 24.2 Å². The average molecular weight is 486 g/mol. The number of carbonyl (C=O) groups excluding carboxylic acids is 1. The molecule has 1 amide bonds. The first-order valence-electron chi connectivity index (χ1n) is 11.9. The predicted octanol–water partition coefficient (Wildman–Crippen LogP) is 6.07. The number of carboxylic acid groups (broad SMARTS) is 1. The third-order valence-corrected chi connectivity index (χ3v) is 6.34. The van der Waals surface area contributed by atoms with Crippen molar-refractivity contribution in [2.75, 3.05) is 7.05 Å². The quantitative estimate of drug-likeness (QED) is 0.291. The molecular weight excluding hydrogens is 457 g/mol. The highest BCUT2D eigenvalue weighted by Crippen LogP contribution is 2.27.